The number of hydrogen-bond donors (Lipinski definition) is 1. The van der Waals surface area contributed by atoms with E-state index in [0.717, 1.165) is 28.1 Å². The van der Waals surface area contributed by atoms with Crippen molar-refractivity contribution >= 4 is 16.9 Å². The van der Waals surface area contributed by atoms with E-state index in [1.165, 1.54) is 23.3 Å². The molecule has 0 aliphatic carbocycles. The molecule has 1 amide bonds. The summed E-state index contributed by atoms with van der Waals surface area (Å²) in [5.74, 6) is 0.393. The summed E-state index contributed by atoms with van der Waals surface area (Å²) in [5.41, 5.74) is 6.58. The van der Waals surface area contributed by atoms with Crippen molar-refractivity contribution in [2.75, 3.05) is 0 Å². The van der Waals surface area contributed by atoms with Crippen LogP contribution in [0.2, 0.25) is 0 Å². The molecule has 146 valence electrons. The van der Waals surface area contributed by atoms with Gasteiger partial charge in [-0.3, -0.25) is 9.36 Å². The van der Waals surface area contributed by atoms with Crippen LogP contribution in [0.1, 0.15) is 32.9 Å². The normalized spacial score (nSPS) is 11.0. The number of aromatic nitrogens is 2. The molecule has 4 aromatic rings. The van der Waals surface area contributed by atoms with E-state index in [1.54, 1.807) is 12.1 Å². The van der Waals surface area contributed by atoms with Crippen LogP contribution in [0.25, 0.3) is 16.7 Å². The predicted octanol–water partition coefficient (Wildman–Crippen LogP) is 5.02. The molecule has 0 saturated carbocycles. The largest absolute Gasteiger partial charge is 0.348 e. The van der Waals surface area contributed by atoms with Gasteiger partial charge in [-0.25, -0.2) is 9.37 Å². The maximum atomic E-state index is 13.0. The highest BCUT2D eigenvalue weighted by Crippen LogP contribution is 2.24. The number of nitrogens with zero attached hydrogens (tertiary/aromatic N) is 2. The molecule has 5 heteroatoms. The Labute approximate surface area is 169 Å². The minimum absolute atomic E-state index is 0.185. The maximum absolute atomic E-state index is 13.0. The van der Waals surface area contributed by atoms with Crippen molar-refractivity contribution in [3.05, 3.63) is 94.6 Å². The number of nitrogens with one attached hydrogen (secondary N) is 1. The zero-order chi connectivity index (χ0) is 20.5. The molecule has 0 aliphatic heterocycles. The quantitative estimate of drug-likeness (QED) is 0.534. The van der Waals surface area contributed by atoms with Crippen LogP contribution in [0.4, 0.5) is 4.39 Å². The number of fused-ring (bicyclic) bond motifs is 1. The Bertz CT molecular complexity index is 1190. The molecule has 29 heavy (non-hydrogen) atoms. The number of rotatable bonds is 4. The second-order valence-corrected chi connectivity index (χ2v) is 7.35. The van der Waals surface area contributed by atoms with E-state index < -0.39 is 0 Å². The van der Waals surface area contributed by atoms with Crippen molar-refractivity contribution < 1.29 is 9.18 Å². The summed E-state index contributed by atoms with van der Waals surface area (Å²) in [6.45, 7) is 6.46. The Morgan fingerprint density at radius 3 is 2.34 bits per heavy atom. The van der Waals surface area contributed by atoms with E-state index in [2.05, 4.69) is 46.9 Å². The smallest absolute Gasteiger partial charge is 0.251 e. The first-order valence-electron chi connectivity index (χ1n) is 9.51. The fourth-order valence-corrected chi connectivity index (χ4v) is 3.63. The van der Waals surface area contributed by atoms with Crippen LogP contribution in [0.15, 0.2) is 60.7 Å². The summed E-state index contributed by atoms with van der Waals surface area (Å²) in [6, 6.07) is 18.0. The van der Waals surface area contributed by atoms with Gasteiger partial charge in [0.2, 0.25) is 0 Å². The van der Waals surface area contributed by atoms with E-state index >= 15 is 0 Å². The van der Waals surface area contributed by atoms with Gasteiger partial charge in [-0.2, -0.15) is 0 Å². The van der Waals surface area contributed by atoms with Gasteiger partial charge in [0, 0.05) is 17.8 Å². The van der Waals surface area contributed by atoms with E-state index in [-0.39, 0.29) is 11.7 Å². The first-order valence-corrected chi connectivity index (χ1v) is 9.51. The molecule has 4 nitrogen and oxygen atoms in total. The van der Waals surface area contributed by atoms with Crippen LogP contribution in [0, 0.1) is 26.6 Å². The van der Waals surface area contributed by atoms with Crippen LogP contribution in [-0.4, -0.2) is 15.5 Å². The lowest BCUT2D eigenvalue weighted by atomic mass is 10.1. The number of halogens is 1. The Hall–Kier alpha value is -3.47. The monoisotopic (exact) mass is 387 g/mol. The summed E-state index contributed by atoms with van der Waals surface area (Å²) in [5, 5.41) is 2.87. The topological polar surface area (TPSA) is 46.9 Å². The first-order chi connectivity index (χ1) is 13.9. The molecule has 1 heterocycles. The Kier molecular flexibility index (Phi) is 4.89. The van der Waals surface area contributed by atoms with E-state index in [1.807, 2.05) is 25.1 Å². The third kappa shape index (κ3) is 3.90. The molecule has 0 fully saturated rings. The molecular formula is C24H22FN3O. The highest BCUT2D eigenvalue weighted by molar-refractivity contribution is 5.97. The van der Waals surface area contributed by atoms with Crippen LogP contribution < -0.4 is 5.32 Å². The SMILES string of the molecule is Cc1cc(C)cc(-n2c(C)nc3cc(C(=O)NCc4ccc(F)cc4)ccc32)c1. The van der Waals surface area contributed by atoms with Crippen molar-refractivity contribution in [2.45, 2.75) is 27.3 Å². The summed E-state index contributed by atoms with van der Waals surface area (Å²) in [6.07, 6.45) is 0. The van der Waals surface area contributed by atoms with Gasteiger partial charge < -0.3 is 5.32 Å². The van der Waals surface area contributed by atoms with Crippen LogP contribution in [-0.2, 0) is 6.54 Å². The predicted molar refractivity (Wildman–Crippen MR) is 113 cm³/mol. The summed E-state index contributed by atoms with van der Waals surface area (Å²) < 4.78 is 15.1. The van der Waals surface area contributed by atoms with Gasteiger partial charge in [0.05, 0.1) is 11.0 Å². The summed E-state index contributed by atoms with van der Waals surface area (Å²) in [7, 11) is 0. The lowest BCUT2D eigenvalue weighted by Gasteiger charge is -2.10. The lowest BCUT2D eigenvalue weighted by molar-refractivity contribution is 0.0951. The van der Waals surface area contributed by atoms with E-state index in [4.69, 9.17) is 0 Å². The van der Waals surface area contributed by atoms with Gasteiger partial charge in [-0.05, 0) is 79.9 Å². The summed E-state index contributed by atoms with van der Waals surface area (Å²) in [4.78, 5) is 17.2. The fraction of sp³-hybridized carbons (Fsp3) is 0.167. The van der Waals surface area contributed by atoms with Crippen molar-refractivity contribution in [1.29, 1.82) is 0 Å². The number of carbonyl (C=O) groups excluding carboxylic acids is 1. The molecule has 0 bridgehead atoms. The van der Waals surface area contributed by atoms with Crippen molar-refractivity contribution in [1.82, 2.24) is 14.9 Å². The Morgan fingerprint density at radius 2 is 1.66 bits per heavy atom. The molecule has 4 rings (SSSR count). The number of carbonyl (C=O) groups is 1. The van der Waals surface area contributed by atoms with Gasteiger partial charge >= 0.3 is 0 Å². The average Bonchev–Trinajstić information content (AvgIpc) is 3.01. The molecule has 1 N–H and O–H groups in total. The molecule has 0 radical (unpaired) electrons. The van der Waals surface area contributed by atoms with Crippen LogP contribution >= 0.6 is 0 Å². The van der Waals surface area contributed by atoms with Crippen molar-refractivity contribution in [3.63, 3.8) is 0 Å². The molecule has 0 spiro atoms. The van der Waals surface area contributed by atoms with Gasteiger partial charge in [-0.1, -0.05) is 18.2 Å². The zero-order valence-corrected chi connectivity index (χ0v) is 16.7. The highest BCUT2D eigenvalue weighted by Gasteiger charge is 2.13. The fourth-order valence-electron chi connectivity index (χ4n) is 3.63. The number of benzene rings is 3. The molecule has 0 atom stereocenters. The Morgan fingerprint density at radius 1 is 0.966 bits per heavy atom. The minimum Gasteiger partial charge on any atom is -0.348 e. The van der Waals surface area contributed by atoms with E-state index in [0.29, 0.717) is 12.1 Å². The lowest BCUT2D eigenvalue weighted by Crippen LogP contribution is -2.22. The maximum Gasteiger partial charge on any atom is 0.251 e. The molecular weight excluding hydrogens is 365 g/mol. The second-order valence-electron chi connectivity index (χ2n) is 7.35. The molecule has 3 aromatic carbocycles. The van der Waals surface area contributed by atoms with Gasteiger partial charge in [0.15, 0.2) is 0 Å². The number of amides is 1. The summed E-state index contributed by atoms with van der Waals surface area (Å²) >= 11 is 0. The molecule has 0 unspecified atom stereocenters. The van der Waals surface area contributed by atoms with Gasteiger partial charge in [-0.15, -0.1) is 0 Å². The molecule has 1 aromatic heterocycles. The number of aryl methyl sites for hydroxylation is 3. The minimum atomic E-state index is -0.291. The molecule has 0 saturated heterocycles. The average molecular weight is 387 g/mol. The first kappa shape index (κ1) is 18.9. The van der Waals surface area contributed by atoms with Crippen LogP contribution in [0.3, 0.4) is 0 Å². The third-order valence-corrected chi connectivity index (χ3v) is 4.92. The van der Waals surface area contributed by atoms with Crippen molar-refractivity contribution in [3.8, 4) is 5.69 Å². The number of imidazole rings is 1. The van der Waals surface area contributed by atoms with Crippen LogP contribution in [0.5, 0.6) is 0 Å². The van der Waals surface area contributed by atoms with Gasteiger partial charge in [0.1, 0.15) is 11.6 Å². The second kappa shape index (κ2) is 7.51. The highest BCUT2D eigenvalue weighted by atomic mass is 19.1. The van der Waals surface area contributed by atoms with Crippen molar-refractivity contribution in [2.24, 2.45) is 0 Å². The Balaban J connectivity index is 1.61. The van der Waals surface area contributed by atoms with Gasteiger partial charge in [0.25, 0.3) is 5.91 Å². The number of hydrogen-bond acceptors (Lipinski definition) is 2. The van der Waals surface area contributed by atoms with E-state index in [9.17, 15) is 9.18 Å². The molecule has 0 aliphatic rings. The zero-order valence-electron chi connectivity index (χ0n) is 16.7. The standard InChI is InChI=1S/C24H22FN3O/c1-15-10-16(2)12-21(11-15)28-17(3)27-22-13-19(6-9-23(22)28)24(29)26-14-18-4-7-20(25)8-5-18/h4-13H,14H2,1-3H3,(H,26,29). The third-order valence-electron chi connectivity index (χ3n) is 4.92.